The van der Waals surface area contributed by atoms with E-state index in [4.69, 9.17) is 5.11 Å². The van der Waals surface area contributed by atoms with E-state index in [1.54, 1.807) is 17.5 Å². The van der Waals surface area contributed by atoms with Crippen LogP contribution in [0.15, 0.2) is 30.5 Å². The van der Waals surface area contributed by atoms with Crippen molar-refractivity contribution in [1.82, 2.24) is 4.98 Å². The number of thiazole rings is 1. The number of hydrogen-bond donors (Lipinski definition) is 1. The molecule has 1 saturated carbocycles. The lowest BCUT2D eigenvalue weighted by Gasteiger charge is -2.04. The number of benzene rings is 1. The van der Waals surface area contributed by atoms with Crippen LogP contribution in [-0.2, 0) is 6.61 Å². The Hall–Kier alpha value is -1.19. The van der Waals surface area contributed by atoms with Gasteiger partial charge in [-0.25, -0.2) is 4.98 Å². The highest BCUT2D eigenvalue weighted by Crippen LogP contribution is 2.44. The monoisotopic (exact) mass is 231 g/mol. The predicted molar refractivity (Wildman–Crippen MR) is 65.4 cm³/mol. The summed E-state index contributed by atoms with van der Waals surface area (Å²) in [4.78, 5) is 5.32. The van der Waals surface area contributed by atoms with Crippen molar-refractivity contribution in [3.8, 4) is 10.6 Å². The second-order valence-electron chi connectivity index (χ2n) is 4.15. The van der Waals surface area contributed by atoms with E-state index in [9.17, 15) is 0 Å². The Bertz CT molecular complexity index is 502. The largest absolute Gasteiger partial charge is 0.391 e. The summed E-state index contributed by atoms with van der Waals surface area (Å²) >= 11 is 1.58. The number of nitrogens with zero attached hydrogens (tertiary/aromatic N) is 1. The van der Waals surface area contributed by atoms with Crippen molar-refractivity contribution in [2.75, 3.05) is 0 Å². The van der Waals surface area contributed by atoms with Gasteiger partial charge < -0.3 is 5.11 Å². The summed E-state index contributed by atoms with van der Waals surface area (Å²) in [6.07, 6.45) is 4.37. The number of hydrogen-bond acceptors (Lipinski definition) is 3. The molecule has 1 N–H and O–H groups in total. The summed E-state index contributed by atoms with van der Waals surface area (Å²) in [7, 11) is 0. The first-order valence-corrected chi connectivity index (χ1v) is 6.35. The lowest BCUT2D eigenvalue weighted by Crippen LogP contribution is -1.85. The standard InChI is InChI=1S/C13H13NOS/c15-8-10-7-14-13(16-10)12-4-2-1-3-11(12)9-5-6-9/h1-4,7,9,15H,5-6,8H2. The van der Waals surface area contributed by atoms with Crippen LogP contribution in [0, 0.1) is 0 Å². The topological polar surface area (TPSA) is 33.1 Å². The molecule has 1 aliphatic carbocycles. The number of rotatable bonds is 3. The zero-order valence-electron chi connectivity index (χ0n) is 8.89. The Kier molecular flexibility index (Phi) is 2.50. The van der Waals surface area contributed by atoms with Crippen molar-refractivity contribution in [2.45, 2.75) is 25.4 Å². The number of aromatic nitrogens is 1. The normalized spacial score (nSPS) is 15.3. The summed E-state index contributed by atoms with van der Waals surface area (Å²) in [5.41, 5.74) is 2.66. The minimum atomic E-state index is 0.0866. The van der Waals surface area contributed by atoms with Crippen LogP contribution < -0.4 is 0 Å². The molecule has 1 fully saturated rings. The van der Waals surface area contributed by atoms with Crippen molar-refractivity contribution in [3.05, 3.63) is 40.9 Å². The maximum absolute atomic E-state index is 9.06. The Morgan fingerprint density at radius 1 is 1.31 bits per heavy atom. The van der Waals surface area contributed by atoms with Crippen LogP contribution >= 0.6 is 11.3 Å². The van der Waals surface area contributed by atoms with Crippen LogP contribution in [0.4, 0.5) is 0 Å². The Labute approximate surface area is 98.6 Å². The molecule has 0 aliphatic heterocycles. The average molecular weight is 231 g/mol. The summed E-state index contributed by atoms with van der Waals surface area (Å²) in [5.74, 6) is 0.734. The van der Waals surface area contributed by atoms with Gasteiger partial charge in [0.25, 0.3) is 0 Å². The molecule has 16 heavy (non-hydrogen) atoms. The predicted octanol–water partition coefficient (Wildman–Crippen LogP) is 3.18. The third-order valence-corrected chi connectivity index (χ3v) is 3.93. The number of aliphatic hydroxyl groups is 1. The number of aliphatic hydroxyl groups excluding tert-OH is 1. The van der Waals surface area contributed by atoms with Crippen LogP contribution in [0.2, 0.25) is 0 Å². The fraction of sp³-hybridized carbons (Fsp3) is 0.308. The van der Waals surface area contributed by atoms with E-state index in [0.717, 1.165) is 15.8 Å². The summed E-state index contributed by atoms with van der Waals surface area (Å²) in [6.45, 7) is 0.0866. The van der Waals surface area contributed by atoms with Gasteiger partial charge in [0, 0.05) is 11.8 Å². The van der Waals surface area contributed by atoms with Crippen LogP contribution in [0.3, 0.4) is 0 Å². The lowest BCUT2D eigenvalue weighted by molar-refractivity contribution is 0.285. The molecule has 0 amide bonds. The van der Waals surface area contributed by atoms with E-state index < -0.39 is 0 Å². The Morgan fingerprint density at radius 2 is 2.12 bits per heavy atom. The van der Waals surface area contributed by atoms with E-state index in [1.807, 2.05) is 0 Å². The van der Waals surface area contributed by atoms with Crippen molar-refractivity contribution in [3.63, 3.8) is 0 Å². The fourth-order valence-corrected chi connectivity index (χ4v) is 2.77. The molecule has 3 heteroatoms. The van der Waals surface area contributed by atoms with Crippen LogP contribution in [0.1, 0.15) is 29.2 Å². The molecule has 0 bridgehead atoms. The average Bonchev–Trinajstić information content (AvgIpc) is 3.07. The molecule has 0 saturated heterocycles. The zero-order valence-corrected chi connectivity index (χ0v) is 9.70. The smallest absolute Gasteiger partial charge is 0.123 e. The molecule has 2 aromatic rings. The molecular weight excluding hydrogens is 218 g/mol. The summed E-state index contributed by atoms with van der Waals surface area (Å²) < 4.78 is 0. The van der Waals surface area contributed by atoms with Gasteiger partial charge in [-0.2, -0.15) is 0 Å². The minimum Gasteiger partial charge on any atom is -0.391 e. The zero-order chi connectivity index (χ0) is 11.0. The Morgan fingerprint density at radius 3 is 2.81 bits per heavy atom. The first-order valence-electron chi connectivity index (χ1n) is 5.53. The van der Waals surface area contributed by atoms with Gasteiger partial charge in [0.1, 0.15) is 5.01 Å². The van der Waals surface area contributed by atoms with E-state index in [1.165, 1.54) is 24.0 Å². The highest BCUT2D eigenvalue weighted by molar-refractivity contribution is 7.15. The third-order valence-electron chi connectivity index (χ3n) is 2.92. The van der Waals surface area contributed by atoms with Gasteiger partial charge in [-0.1, -0.05) is 24.3 Å². The van der Waals surface area contributed by atoms with E-state index in [2.05, 4.69) is 29.2 Å². The molecule has 1 aromatic carbocycles. The molecule has 3 rings (SSSR count). The van der Waals surface area contributed by atoms with E-state index in [-0.39, 0.29) is 6.61 Å². The molecule has 0 radical (unpaired) electrons. The second-order valence-corrected chi connectivity index (χ2v) is 5.27. The molecule has 1 aliphatic rings. The van der Waals surface area contributed by atoms with Gasteiger partial charge in [-0.15, -0.1) is 11.3 Å². The lowest BCUT2D eigenvalue weighted by atomic mass is 10.0. The van der Waals surface area contributed by atoms with Crippen LogP contribution in [0.25, 0.3) is 10.6 Å². The maximum atomic E-state index is 9.06. The van der Waals surface area contributed by atoms with E-state index >= 15 is 0 Å². The quantitative estimate of drug-likeness (QED) is 0.880. The van der Waals surface area contributed by atoms with Gasteiger partial charge in [0.05, 0.1) is 11.5 Å². The molecule has 0 unspecified atom stereocenters. The second kappa shape index (κ2) is 4.00. The van der Waals surface area contributed by atoms with Crippen molar-refractivity contribution < 1.29 is 5.11 Å². The highest BCUT2D eigenvalue weighted by atomic mass is 32.1. The van der Waals surface area contributed by atoms with Gasteiger partial charge in [-0.3, -0.25) is 0 Å². The highest BCUT2D eigenvalue weighted by Gasteiger charge is 2.26. The maximum Gasteiger partial charge on any atom is 0.123 e. The molecule has 1 aromatic heterocycles. The van der Waals surface area contributed by atoms with Gasteiger partial charge in [-0.05, 0) is 24.3 Å². The van der Waals surface area contributed by atoms with Gasteiger partial charge in [0.15, 0.2) is 0 Å². The van der Waals surface area contributed by atoms with E-state index in [0.29, 0.717) is 0 Å². The first-order chi connectivity index (χ1) is 7.88. The minimum absolute atomic E-state index is 0.0866. The van der Waals surface area contributed by atoms with Crippen molar-refractivity contribution >= 4 is 11.3 Å². The third kappa shape index (κ3) is 1.77. The van der Waals surface area contributed by atoms with Crippen LogP contribution in [0.5, 0.6) is 0 Å². The molecule has 0 atom stereocenters. The van der Waals surface area contributed by atoms with Gasteiger partial charge in [0.2, 0.25) is 0 Å². The summed E-state index contributed by atoms with van der Waals surface area (Å²) in [5, 5.41) is 10.1. The SMILES string of the molecule is OCc1cnc(-c2ccccc2C2CC2)s1. The Balaban J connectivity index is 2.04. The molecule has 82 valence electrons. The molecule has 2 nitrogen and oxygen atoms in total. The molecule has 0 spiro atoms. The first kappa shape index (κ1) is 10.00. The van der Waals surface area contributed by atoms with Gasteiger partial charge >= 0.3 is 0 Å². The molecule has 1 heterocycles. The summed E-state index contributed by atoms with van der Waals surface area (Å²) in [6, 6.07) is 8.49. The fourth-order valence-electron chi connectivity index (χ4n) is 1.95. The van der Waals surface area contributed by atoms with Crippen molar-refractivity contribution in [1.29, 1.82) is 0 Å². The molecular formula is C13H13NOS. The van der Waals surface area contributed by atoms with Crippen molar-refractivity contribution in [2.24, 2.45) is 0 Å². The van der Waals surface area contributed by atoms with Crippen LogP contribution in [-0.4, -0.2) is 10.1 Å².